The minimum atomic E-state index is -0.0793. The fraction of sp³-hybridized carbons (Fsp3) is 0.228. The standard InChI is InChI=1S/C57H48BN3OS/c1-33-29-46-51-47(30-33)60-52-39(50-38-16-8-10-22-49(38)63-54(50)60)18-13-19-42(52)58(51)41-25-24-35(32-45(41)59(46)44-20-14-17-37-36-15-7-9-21-48(36)62-53(37)44)61-43-26-23-34(55(2,3)4)31-40(43)56(5)27-11-12-28-57(56,61)6/h7-10,13-26,29-32H,11-12,27-28H2,1-6H3. The zero-order valence-corrected chi connectivity index (χ0v) is 37.6. The second-order valence-electron chi connectivity index (χ2n) is 20.5. The first kappa shape index (κ1) is 36.3. The van der Waals surface area contributed by atoms with Crippen molar-refractivity contribution in [3.63, 3.8) is 0 Å². The summed E-state index contributed by atoms with van der Waals surface area (Å²) in [6.45, 7) is 14.5. The van der Waals surface area contributed by atoms with Crippen LogP contribution in [0.3, 0.4) is 0 Å². The predicted octanol–water partition coefficient (Wildman–Crippen LogP) is 13.9. The largest absolute Gasteiger partial charge is 0.454 e. The molecule has 0 spiro atoms. The minimum absolute atomic E-state index is 0.0252. The molecule has 14 rings (SSSR count). The number of fused-ring (bicyclic) bond motifs is 15. The van der Waals surface area contributed by atoms with Crippen LogP contribution in [-0.2, 0) is 10.8 Å². The normalized spacial score (nSPS) is 20.0. The summed E-state index contributed by atoms with van der Waals surface area (Å²) in [5.41, 5.74) is 18.9. The van der Waals surface area contributed by atoms with Crippen LogP contribution in [0, 0.1) is 6.92 Å². The van der Waals surface area contributed by atoms with Crippen LogP contribution in [0.25, 0.3) is 58.8 Å². The van der Waals surface area contributed by atoms with Crippen molar-refractivity contribution in [2.45, 2.75) is 83.6 Å². The van der Waals surface area contributed by atoms with Gasteiger partial charge in [0.2, 0.25) is 0 Å². The first-order valence-corrected chi connectivity index (χ1v) is 23.7. The monoisotopic (exact) mass is 833 g/mol. The molecule has 0 radical (unpaired) electrons. The molecule has 3 aromatic heterocycles. The molecule has 2 unspecified atom stereocenters. The summed E-state index contributed by atoms with van der Waals surface area (Å²) in [6, 6.07) is 51.1. The molecule has 3 aliphatic heterocycles. The van der Waals surface area contributed by atoms with Crippen LogP contribution in [0.2, 0.25) is 0 Å². The lowest BCUT2D eigenvalue weighted by molar-refractivity contribution is 0.195. The van der Waals surface area contributed by atoms with E-state index in [2.05, 4.69) is 189 Å². The van der Waals surface area contributed by atoms with Gasteiger partial charge in [-0.3, -0.25) is 0 Å². The highest BCUT2D eigenvalue weighted by Gasteiger charge is 2.58. The molecule has 6 heteroatoms. The van der Waals surface area contributed by atoms with Crippen molar-refractivity contribution in [2.75, 3.05) is 9.80 Å². The van der Waals surface area contributed by atoms with Crippen molar-refractivity contribution in [3.05, 3.63) is 150 Å². The van der Waals surface area contributed by atoms with Gasteiger partial charge in [-0.1, -0.05) is 125 Å². The van der Waals surface area contributed by atoms with Gasteiger partial charge in [0.15, 0.2) is 5.58 Å². The zero-order valence-electron chi connectivity index (χ0n) is 36.8. The Morgan fingerprint density at radius 3 is 2.29 bits per heavy atom. The van der Waals surface area contributed by atoms with Crippen molar-refractivity contribution in [3.8, 4) is 5.69 Å². The van der Waals surface area contributed by atoms with E-state index in [-0.39, 0.29) is 23.1 Å². The van der Waals surface area contributed by atoms with E-state index in [4.69, 9.17) is 4.42 Å². The number of thiophene rings is 1. The van der Waals surface area contributed by atoms with Crippen molar-refractivity contribution in [1.29, 1.82) is 0 Å². The van der Waals surface area contributed by atoms with Crippen LogP contribution in [0.4, 0.5) is 28.4 Å². The molecular formula is C57H48BN3OS. The van der Waals surface area contributed by atoms with Crippen LogP contribution in [-0.4, -0.2) is 16.8 Å². The second-order valence-corrected chi connectivity index (χ2v) is 21.5. The molecule has 0 amide bonds. The van der Waals surface area contributed by atoms with Gasteiger partial charge in [-0.15, -0.1) is 11.3 Å². The Hall–Kier alpha value is -6.24. The maximum Gasteiger partial charge on any atom is 0.252 e. The lowest BCUT2D eigenvalue weighted by Crippen LogP contribution is -2.60. The summed E-state index contributed by atoms with van der Waals surface area (Å²) in [6.07, 6.45) is 4.85. The molecule has 4 aliphatic rings. The van der Waals surface area contributed by atoms with E-state index in [0.29, 0.717) is 0 Å². The number of hydrogen-bond donors (Lipinski definition) is 0. The average molecular weight is 834 g/mol. The Labute approximate surface area is 372 Å². The second kappa shape index (κ2) is 12.1. The molecule has 1 aliphatic carbocycles. The minimum Gasteiger partial charge on any atom is -0.454 e. The van der Waals surface area contributed by atoms with E-state index in [1.807, 2.05) is 11.3 Å². The maximum absolute atomic E-state index is 6.94. The SMILES string of the molecule is Cc1cc2c3c(c1)-n1c4sc5ccccc5c4c4cccc(c41)B3c1ccc(N3c4ccc(C(C)(C)C)cc4C4(C)CCCCC34C)cc1N2c1cccc2c1oc1ccccc12. The molecule has 2 atom stereocenters. The third kappa shape index (κ3) is 4.48. The number of nitrogens with zero attached hydrogens (tertiary/aromatic N) is 3. The van der Waals surface area contributed by atoms with Gasteiger partial charge in [-0.05, 0) is 114 Å². The van der Waals surface area contributed by atoms with E-state index in [1.54, 1.807) is 0 Å². The first-order valence-electron chi connectivity index (χ1n) is 22.9. The van der Waals surface area contributed by atoms with Gasteiger partial charge in [0, 0.05) is 65.5 Å². The molecule has 4 nitrogen and oxygen atoms in total. The summed E-state index contributed by atoms with van der Waals surface area (Å²) >= 11 is 1.92. The molecule has 0 bridgehead atoms. The molecule has 10 aromatic rings. The number of anilines is 5. The average Bonchev–Trinajstić information content (AvgIpc) is 4.00. The van der Waals surface area contributed by atoms with Gasteiger partial charge in [0.05, 0.1) is 16.7 Å². The predicted molar refractivity (Wildman–Crippen MR) is 269 cm³/mol. The Balaban J connectivity index is 1.09. The van der Waals surface area contributed by atoms with Gasteiger partial charge < -0.3 is 18.8 Å². The van der Waals surface area contributed by atoms with E-state index in [1.165, 1.54) is 112 Å². The van der Waals surface area contributed by atoms with Crippen molar-refractivity contribution in [1.82, 2.24) is 4.57 Å². The van der Waals surface area contributed by atoms with Crippen LogP contribution in [0.1, 0.15) is 77.0 Å². The number of aryl methyl sites for hydroxylation is 1. The number of aromatic nitrogens is 1. The summed E-state index contributed by atoms with van der Waals surface area (Å²) in [7, 11) is 0. The van der Waals surface area contributed by atoms with E-state index in [0.717, 1.165) is 34.0 Å². The lowest BCUT2D eigenvalue weighted by Gasteiger charge is -2.50. The Bertz CT molecular complexity index is 3660. The zero-order chi connectivity index (χ0) is 42.3. The topological polar surface area (TPSA) is 24.6 Å². The number of rotatable bonds is 2. The third-order valence-electron chi connectivity index (χ3n) is 16.1. The quantitative estimate of drug-likeness (QED) is 0.162. The molecule has 0 N–H and O–H groups in total. The van der Waals surface area contributed by atoms with Crippen LogP contribution in [0.5, 0.6) is 0 Å². The number of benzene rings is 7. The molecule has 0 saturated heterocycles. The van der Waals surface area contributed by atoms with Crippen LogP contribution >= 0.6 is 11.3 Å². The Morgan fingerprint density at radius 1 is 0.651 bits per heavy atom. The molecule has 63 heavy (non-hydrogen) atoms. The highest BCUT2D eigenvalue weighted by Crippen LogP contribution is 2.62. The molecule has 7 aromatic carbocycles. The Morgan fingerprint density at radius 2 is 1.41 bits per heavy atom. The van der Waals surface area contributed by atoms with E-state index in [9.17, 15) is 0 Å². The smallest absolute Gasteiger partial charge is 0.252 e. The van der Waals surface area contributed by atoms with Crippen molar-refractivity contribution >= 4 is 116 Å². The molecule has 1 fully saturated rings. The van der Waals surface area contributed by atoms with Crippen molar-refractivity contribution in [2.24, 2.45) is 0 Å². The fourth-order valence-corrected chi connectivity index (χ4v) is 14.2. The molecular weight excluding hydrogens is 786 g/mol. The van der Waals surface area contributed by atoms with Gasteiger partial charge in [0.25, 0.3) is 6.71 Å². The highest BCUT2D eigenvalue weighted by atomic mass is 32.1. The number of furan rings is 1. The highest BCUT2D eigenvalue weighted by molar-refractivity contribution is 7.26. The van der Waals surface area contributed by atoms with Gasteiger partial charge in [0.1, 0.15) is 10.4 Å². The summed E-state index contributed by atoms with van der Waals surface area (Å²) in [4.78, 5) is 6.66. The summed E-state index contributed by atoms with van der Waals surface area (Å²) < 4.78 is 10.9. The number of hydrogen-bond acceptors (Lipinski definition) is 4. The van der Waals surface area contributed by atoms with E-state index >= 15 is 0 Å². The maximum atomic E-state index is 6.94. The van der Waals surface area contributed by atoms with Gasteiger partial charge in [-0.2, -0.15) is 0 Å². The summed E-state index contributed by atoms with van der Waals surface area (Å²) in [5.74, 6) is 0. The van der Waals surface area contributed by atoms with Gasteiger partial charge >= 0.3 is 0 Å². The Kier molecular flexibility index (Phi) is 6.94. The molecule has 6 heterocycles. The van der Waals surface area contributed by atoms with Crippen LogP contribution in [0.15, 0.2) is 138 Å². The lowest BCUT2D eigenvalue weighted by atomic mass is 9.33. The fourth-order valence-electron chi connectivity index (χ4n) is 12.9. The van der Waals surface area contributed by atoms with Crippen molar-refractivity contribution < 1.29 is 4.42 Å². The summed E-state index contributed by atoms with van der Waals surface area (Å²) in [5, 5.41) is 6.34. The third-order valence-corrected chi connectivity index (χ3v) is 17.3. The van der Waals surface area contributed by atoms with Crippen LogP contribution < -0.4 is 26.2 Å². The first-order chi connectivity index (χ1) is 30.5. The van der Waals surface area contributed by atoms with E-state index < -0.39 is 0 Å². The molecule has 306 valence electrons. The molecule has 1 saturated carbocycles. The number of para-hydroxylation sites is 3. The van der Waals surface area contributed by atoms with Gasteiger partial charge in [-0.25, -0.2) is 0 Å².